The Bertz CT molecular complexity index is 822. The first-order chi connectivity index (χ1) is 11.4. The minimum absolute atomic E-state index is 0.0168. The van der Waals surface area contributed by atoms with Gasteiger partial charge in [-0.25, -0.2) is 13.4 Å². The number of sulfone groups is 1. The lowest BCUT2D eigenvalue weighted by Crippen LogP contribution is -2.39. The van der Waals surface area contributed by atoms with Crippen molar-refractivity contribution in [3.8, 4) is 11.4 Å². The second kappa shape index (κ2) is 6.89. The van der Waals surface area contributed by atoms with Gasteiger partial charge in [-0.2, -0.15) is 0 Å². The van der Waals surface area contributed by atoms with Crippen molar-refractivity contribution in [2.75, 3.05) is 11.5 Å². The Kier molecular flexibility index (Phi) is 4.86. The van der Waals surface area contributed by atoms with Crippen LogP contribution in [0.5, 0.6) is 0 Å². The summed E-state index contributed by atoms with van der Waals surface area (Å²) in [6.07, 6.45) is 3.80. The van der Waals surface area contributed by atoms with Crippen LogP contribution in [-0.2, 0) is 14.6 Å². The molecule has 0 saturated carbocycles. The average Bonchev–Trinajstić information content (AvgIpc) is 3.14. The van der Waals surface area contributed by atoms with Crippen LogP contribution in [0.1, 0.15) is 13.3 Å². The molecular weight excluding hydrogens is 350 g/mol. The molecule has 2 atom stereocenters. The number of aromatic nitrogens is 4. The molecular formula is C14H17N5O3S2. The third-order valence-corrected chi connectivity index (χ3v) is 6.38. The van der Waals surface area contributed by atoms with Gasteiger partial charge in [-0.15, -0.1) is 5.10 Å². The van der Waals surface area contributed by atoms with E-state index in [-0.39, 0.29) is 23.5 Å². The molecule has 8 nitrogen and oxygen atoms in total. The van der Waals surface area contributed by atoms with E-state index in [1.165, 1.54) is 11.8 Å². The van der Waals surface area contributed by atoms with Crippen molar-refractivity contribution >= 4 is 27.5 Å². The van der Waals surface area contributed by atoms with E-state index in [0.717, 1.165) is 5.56 Å². The van der Waals surface area contributed by atoms with E-state index >= 15 is 0 Å². The van der Waals surface area contributed by atoms with E-state index in [1.807, 2.05) is 12.1 Å². The molecule has 0 spiro atoms. The van der Waals surface area contributed by atoms with Crippen molar-refractivity contribution in [2.24, 2.45) is 0 Å². The number of carbonyl (C=O) groups is 1. The number of nitrogens with zero attached hydrogens (tertiary/aromatic N) is 3. The summed E-state index contributed by atoms with van der Waals surface area (Å²) in [4.78, 5) is 20.5. The first-order valence-corrected chi connectivity index (χ1v) is 10.1. The Morgan fingerprint density at radius 1 is 1.42 bits per heavy atom. The summed E-state index contributed by atoms with van der Waals surface area (Å²) in [7, 11) is -3.01. The minimum Gasteiger partial charge on any atom is -0.351 e. The van der Waals surface area contributed by atoms with Crippen LogP contribution < -0.4 is 5.32 Å². The van der Waals surface area contributed by atoms with Crippen molar-refractivity contribution in [3.05, 3.63) is 24.5 Å². The lowest BCUT2D eigenvalue weighted by molar-refractivity contribution is -0.120. The molecule has 1 aliphatic rings. The zero-order valence-electron chi connectivity index (χ0n) is 13.0. The van der Waals surface area contributed by atoms with E-state index in [9.17, 15) is 13.2 Å². The van der Waals surface area contributed by atoms with E-state index < -0.39 is 15.1 Å². The van der Waals surface area contributed by atoms with E-state index in [1.54, 1.807) is 19.3 Å². The van der Waals surface area contributed by atoms with Gasteiger partial charge in [-0.1, -0.05) is 11.8 Å². The van der Waals surface area contributed by atoms with E-state index in [4.69, 9.17) is 0 Å². The van der Waals surface area contributed by atoms with E-state index in [2.05, 4.69) is 25.5 Å². The predicted molar refractivity (Wildman–Crippen MR) is 90.1 cm³/mol. The minimum atomic E-state index is -3.01. The molecule has 0 radical (unpaired) electrons. The second-order valence-electron chi connectivity index (χ2n) is 5.57. The molecule has 0 unspecified atom stereocenters. The molecule has 24 heavy (non-hydrogen) atoms. The fraction of sp³-hybridized carbons (Fsp3) is 0.429. The summed E-state index contributed by atoms with van der Waals surface area (Å²) >= 11 is 1.22. The maximum atomic E-state index is 12.2. The van der Waals surface area contributed by atoms with Crippen LogP contribution in [0.2, 0.25) is 0 Å². The Morgan fingerprint density at radius 3 is 2.83 bits per heavy atom. The number of hydrogen-bond acceptors (Lipinski definition) is 7. The Morgan fingerprint density at radius 2 is 2.17 bits per heavy atom. The first-order valence-electron chi connectivity index (χ1n) is 7.43. The number of carbonyl (C=O) groups excluding carboxylic acids is 1. The van der Waals surface area contributed by atoms with Crippen molar-refractivity contribution in [1.82, 2.24) is 25.5 Å². The fourth-order valence-corrected chi connectivity index (χ4v) is 4.78. The van der Waals surface area contributed by atoms with E-state index in [0.29, 0.717) is 17.4 Å². The molecule has 2 aromatic heterocycles. The molecule has 1 fully saturated rings. The Hall–Kier alpha value is -1.94. The summed E-state index contributed by atoms with van der Waals surface area (Å²) in [5, 5.41) is 9.75. The number of thioether (sulfide) groups is 1. The molecule has 1 amide bonds. The maximum Gasteiger partial charge on any atom is 0.233 e. The summed E-state index contributed by atoms with van der Waals surface area (Å²) < 4.78 is 22.9. The van der Waals surface area contributed by atoms with Crippen LogP contribution in [0.3, 0.4) is 0 Å². The zero-order chi connectivity index (χ0) is 17.2. The molecule has 0 bridgehead atoms. The highest BCUT2D eigenvalue weighted by Crippen LogP contribution is 2.23. The Balaban J connectivity index is 1.58. The zero-order valence-corrected chi connectivity index (χ0v) is 14.6. The van der Waals surface area contributed by atoms with Crippen LogP contribution in [-0.4, -0.2) is 57.3 Å². The molecule has 1 saturated heterocycles. The van der Waals surface area contributed by atoms with Gasteiger partial charge in [0.2, 0.25) is 11.1 Å². The largest absolute Gasteiger partial charge is 0.351 e. The van der Waals surface area contributed by atoms with Crippen LogP contribution in [0.4, 0.5) is 0 Å². The lowest BCUT2D eigenvalue weighted by Gasteiger charge is -2.14. The predicted octanol–water partition coefficient (Wildman–Crippen LogP) is 0.651. The molecule has 0 aromatic carbocycles. The molecule has 0 aliphatic carbocycles. The fourth-order valence-electron chi connectivity index (χ4n) is 2.38. The SMILES string of the molecule is C[C@@H](Sc1n[nH]c(-c2ccncc2)n1)C(=O)N[C@H]1CCS(=O)(=O)C1. The highest BCUT2D eigenvalue weighted by Gasteiger charge is 2.30. The van der Waals surface area contributed by atoms with Crippen LogP contribution in [0.25, 0.3) is 11.4 Å². The summed E-state index contributed by atoms with van der Waals surface area (Å²) in [6, 6.07) is 3.32. The summed E-state index contributed by atoms with van der Waals surface area (Å²) in [5.74, 6) is 0.547. The normalized spacial score (nSPS) is 20.6. The number of H-pyrrole nitrogens is 1. The number of amides is 1. The topological polar surface area (TPSA) is 118 Å². The van der Waals surface area contributed by atoms with Gasteiger partial charge in [0.25, 0.3) is 0 Å². The monoisotopic (exact) mass is 367 g/mol. The second-order valence-corrected chi connectivity index (χ2v) is 9.11. The smallest absolute Gasteiger partial charge is 0.233 e. The van der Waals surface area contributed by atoms with Gasteiger partial charge < -0.3 is 5.32 Å². The van der Waals surface area contributed by atoms with Crippen LogP contribution in [0, 0.1) is 0 Å². The average molecular weight is 367 g/mol. The summed E-state index contributed by atoms with van der Waals surface area (Å²) in [5.41, 5.74) is 0.859. The quantitative estimate of drug-likeness (QED) is 0.745. The third-order valence-electron chi connectivity index (χ3n) is 3.65. The third kappa shape index (κ3) is 4.12. The highest BCUT2D eigenvalue weighted by atomic mass is 32.2. The first kappa shape index (κ1) is 16.9. The maximum absolute atomic E-state index is 12.2. The van der Waals surface area contributed by atoms with Gasteiger partial charge in [0, 0.05) is 24.0 Å². The van der Waals surface area contributed by atoms with Gasteiger partial charge in [0.05, 0.1) is 16.8 Å². The van der Waals surface area contributed by atoms with Gasteiger partial charge in [0.1, 0.15) is 0 Å². The number of pyridine rings is 1. The van der Waals surface area contributed by atoms with Crippen molar-refractivity contribution < 1.29 is 13.2 Å². The number of hydrogen-bond donors (Lipinski definition) is 2. The van der Waals surface area contributed by atoms with Crippen LogP contribution in [0.15, 0.2) is 29.7 Å². The van der Waals surface area contributed by atoms with Crippen molar-refractivity contribution in [3.63, 3.8) is 0 Å². The Labute approximate surface area is 143 Å². The molecule has 10 heteroatoms. The molecule has 3 heterocycles. The van der Waals surface area contributed by atoms with Crippen molar-refractivity contribution in [1.29, 1.82) is 0 Å². The summed E-state index contributed by atoms with van der Waals surface area (Å²) in [6.45, 7) is 1.74. The molecule has 2 N–H and O–H groups in total. The number of aromatic amines is 1. The number of rotatable bonds is 5. The molecule has 1 aliphatic heterocycles. The van der Waals surface area contributed by atoms with Crippen LogP contribution >= 0.6 is 11.8 Å². The standard InChI is InChI=1S/C14H17N5O3S2/c1-9(13(20)16-11-4-7-24(21,22)8-11)23-14-17-12(18-19-14)10-2-5-15-6-3-10/h2-3,5-6,9,11H,4,7-8H2,1H3,(H,16,20)(H,17,18,19)/t9-,11+/m1/s1. The molecule has 2 aromatic rings. The van der Waals surface area contributed by atoms with Crippen molar-refractivity contribution in [2.45, 2.75) is 29.8 Å². The molecule has 3 rings (SSSR count). The molecule has 128 valence electrons. The highest BCUT2D eigenvalue weighted by molar-refractivity contribution is 8.00. The van der Waals surface area contributed by atoms with Gasteiger partial charge in [0.15, 0.2) is 15.7 Å². The lowest BCUT2D eigenvalue weighted by atomic mass is 10.2. The van der Waals surface area contributed by atoms with Gasteiger partial charge >= 0.3 is 0 Å². The van der Waals surface area contributed by atoms with Gasteiger partial charge in [-0.3, -0.25) is 14.9 Å². The van der Waals surface area contributed by atoms with Gasteiger partial charge in [-0.05, 0) is 25.5 Å². The number of nitrogens with one attached hydrogen (secondary N) is 2.